The molecule has 0 bridgehead atoms. The fourth-order valence-electron chi connectivity index (χ4n) is 3.26. The molecule has 1 unspecified atom stereocenters. The third kappa shape index (κ3) is 7.20. The summed E-state index contributed by atoms with van der Waals surface area (Å²) < 4.78 is 37.6. The molecule has 0 aliphatic carbocycles. The third-order valence-electron chi connectivity index (χ3n) is 5.08. The molecule has 0 radical (unpaired) electrons. The number of rotatable bonds is 9. The molecular formula is C22H24Cl2F2N2O4. The maximum Gasteiger partial charge on any atom is 0.260 e. The molecule has 0 aromatic heterocycles. The van der Waals surface area contributed by atoms with Crippen molar-refractivity contribution >= 4 is 29.1 Å². The average molecular weight is 489 g/mol. The van der Waals surface area contributed by atoms with Crippen LogP contribution in [0.15, 0.2) is 36.4 Å². The monoisotopic (exact) mass is 488 g/mol. The Morgan fingerprint density at radius 3 is 2.19 bits per heavy atom. The van der Waals surface area contributed by atoms with E-state index in [1.807, 2.05) is 0 Å². The second-order valence-corrected chi connectivity index (χ2v) is 8.28. The maximum atomic E-state index is 13.4. The number of hydrogen-bond acceptors (Lipinski definition) is 5. The van der Waals surface area contributed by atoms with Crippen LogP contribution in [0.25, 0.3) is 0 Å². The highest BCUT2D eigenvalue weighted by Gasteiger charge is 2.23. The Labute approximate surface area is 195 Å². The quantitative estimate of drug-likeness (QED) is 0.563. The first kappa shape index (κ1) is 24.5. The van der Waals surface area contributed by atoms with Crippen LogP contribution in [0.1, 0.15) is 12.8 Å². The molecule has 32 heavy (non-hydrogen) atoms. The van der Waals surface area contributed by atoms with Gasteiger partial charge in [-0.05, 0) is 37.1 Å². The maximum absolute atomic E-state index is 13.4. The third-order valence-corrected chi connectivity index (χ3v) is 5.69. The van der Waals surface area contributed by atoms with E-state index < -0.39 is 17.7 Å². The van der Waals surface area contributed by atoms with Crippen molar-refractivity contribution in [3.63, 3.8) is 0 Å². The number of ether oxygens (including phenoxy) is 2. The van der Waals surface area contributed by atoms with Crippen LogP contribution in [0.2, 0.25) is 10.0 Å². The van der Waals surface area contributed by atoms with Crippen molar-refractivity contribution in [2.75, 3.05) is 32.8 Å². The van der Waals surface area contributed by atoms with Crippen LogP contribution in [0.3, 0.4) is 0 Å². The summed E-state index contributed by atoms with van der Waals surface area (Å²) in [7, 11) is 0. The summed E-state index contributed by atoms with van der Waals surface area (Å²) in [6.07, 6.45) is 0.663. The van der Waals surface area contributed by atoms with Gasteiger partial charge in [0.1, 0.15) is 35.8 Å². The van der Waals surface area contributed by atoms with E-state index in [4.69, 9.17) is 32.7 Å². The number of amides is 1. The molecule has 174 valence electrons. The first-order chi connectivity index (χ1) is 15.3. The zero-order valence-corrected chi connectivity index (χ0v) is 18.7. The normalized spacial score (nSPS) is 15.5. The molecule has 0 spiro atoms. The Kier molecular flexibility index (Phi) is 8.92. The van der Waals surface area contributed by atoms with E-state index in [-0.39, 0.29) is 41.0 Å². The lowest BCUT2D eigenvalue weighted by molar-refractivity contribution is -0.134. The van der Waals surface area contributed by atoms with Crippen molar-refractivity contribution in [3.05, 3.63) is 58.1 Å². The molecule has 1 fully saturated rings. The number of nitrogens with zero attached hydrogens (tertiary/aromatic N) is 1. The van der Waals surface area contributed by atoms with Gasteiger partial charge in [0.2, 0.25) is 0 Å². The summed E-state index contributed by atoms with van der Waals surface area (Å²) in [5, 5.41) is 13.4. The standard InChI is InChI=1S/C22H24Cl2F2N2O4/c23-18-3-1-16(9-20(18)25)31-12-15(29)11-27-14-5-7-28(8-6-14)22(30)13-32-17-2-4-19(24)21(26)10-17/h1-4,9-10,14-15,27,29H,5-8,11-13H2. The summed E-state index contributed by atoms with van der Waals surface area (Å²) in [4.78, 5) is 14.0. The van der Waals surface area contributed by atoms with Crippen LogP contribution in [0.4, 0.5) is 8.78 Å². The number of piperidine rings is 1. The van der Waals surface area contributed by atoms with Gasteiger partial charge in [0.15, 0.2) is 6.61 Å². The lowest BCUT2D eigenvalue weighted by atomic mass is 10.0. The lowest BCUT2D eigenvalue weighted by Gasteiger charge is -2.33. The van der Waals surface area contributed by atoms with Crippen molar-refractivity contribution in [1.82, 2.24) is 10.2 Å². The van der Waals surface area contributed by atoms with Crippen molar-refractivity contribution in [2.45, 2.75) is 25.0 Å². The smallest absolute Gasteiger partial charge is 0.260 e. The number of halogens is 4. The summed E-state index contributed by atoms with van der Waals surface area (Å²) >= 11 is 11.3. The summed E-state index contributed by atoms with van der Waals surface area (Å²) in [6.45, 7) is 1.23. The van der Waals surface area contributed by atoms with Crippen LogP contribution in [-0.4, -0.2) is 60.9 Å². The largest absolute Gasteiger partial charge is 0.491 e. The molecule has 1 heterocycles. The van der Waals surface area contributed by atoms with E-state index in [0.29, 0.717) is 25.4 Å². The van der Waals surface area contributed by atoms with Crippen LogP contribution in [-0.2, 0) is 4.79 Å². The second-order valence-electron chi connectivity index (χ2n) is 7.47. The predicted octanol–water partition coefficient (Wildman–Crippen LogP) is 3.67. The molecule has 2 aromatic carbocycles. The minimum Gasteiger partial charge on any atom is -0.491 e. The SMILES string of the molecule is O=C(COc1ccc(Cl)c(F)c1)N1CCC(NCC(O)COc2ccc(Cl)c(F)c2)CC1. The van der Waals surface area contributed by atoms with Gasteiger partial charge < -0.3 is 24.8 Å². The van der Waals surface area contributed by atoms with Gasteiger partial charge in [-0.25, -0.2) is 8.78 Å². The van der Waals surface area contributed by atoms with E-state index in [2.05, 4.69) is 5.32 Å². The molecule has 2 N–H and O–H groups in total. The van der Waals surface area contributed by atoms with Crippen molar-refractivity contribution in [2.24, 2.45) is 0 Å². The zero-order chi connectivity index (χ0) is 23.1. The van der Waals surface area contributed by atoms with Gasteiger partial charge in [0, 0.05) is 37.8 Å². The van der Waals surface area contributed by atoms with Crippen molar-refractivity contribution < 1.29 is 28.2 Å². The average Bonchev–Trinajstić information content (AvgIpc) is 2.79. The highest BCUT2D eigenvalue weighted by Crippen LogP contribution is 2.21. The van der Waals surface area contributed by atoms with E-state index in [0.717, 1.165) is 18.9 Å². The lowest BCUT2D eigenvalue weighted by Crippen LogP contribution is -2.48. The van der Waals surface area contributed by atoms with Crippen LogP contribution >= 0.6 is 23.2 Å². The molecule has 1 aliphatic rings. The van der Waals surface area contributed by atoms with Gasteiger partial charge in [-0.15, -0.1) is 0 Å². The Bertz CT molecular complexity index is 927. The molecule has 10 heteroatoms. The molecule has 2 aromatic rings. The number of carbonyl (C=O) groups excluding carboxylic acids is 1. The molecule has 1 amide bonds. The van der Waals surface area contributed by atoms with Crippen LogP contribution in [0.5, 0.6) is 11.5 Å². The Balaban J connectivity index is 1.32. The second kappa shape index (κ2) is 11.7. The van der Waals surface area contributed by atoms with Crippen LogP contribution < -0.4 is 14.8 Å². The minimum absolute atomic E-state index is 0.00573. The number of hydrogen-bond donors (Lipinski definition) is 2. The van der Waals surface area contributed by atoms with E-state index in [1.54, 1.807) is 4.90 Å². The van der Waals surface area contributed by atoms with Crippen LogP contribution in [0, 0.1) is 11.6 Å². The Morgan fingerprint density at radius 1 is 1.06 bits per heavy atom. The van der Waals surface area contributed by atoms with Gasteiger partial charge in [-0.1, -0.05) is 23.2 Å². The highest BCUT2D eigenvalue weighted by molar-refractivity contribution is 6.31. The topological polar surface area (TPSA) is 71.0 Å². The van der Waals surface area contributed by atoms with Gasteiger partial charge in [0.25, 0.3) is 5.91 Å². The number of benzene rings is 2. The first-order valence-electron chi connectivity index (χ1n) is 10.2. The summed E-state index contributed by atoms with van der Waals surface area (Å²) in [5.41, 5.74) is 0. The summed E-state index contributed by atoms with van der Waals surface area (Å²) in [6, 6.07) is 8.27. The van der Waals surface area contributed by atoms with E-state index >= 15 is 0 Å². The molecule has 0 saturated carbocycles. The zero-order valence-electron chi connectivity index (χ0n) is 17.2. The van der Waals surface area contributed by atoms with Gasteiger partial charge >= 0.3 is 0 Å². The molecule has 1 aliphatic heterocycles. The fourth-order valence-corrected chi connectivity index (χ4v) is 3.49. The van der Waals surface area contributed by atoms with Crippen molar-refractivity contribution in [3.8, 4) is 11.5 Å². The number of aliphatic hydroxyl groups excluding tert-OH is 1. The van der Waals surface area contributed by atoms with E-state index in [1.165, 1.54) is 30.3 Å². The molecule has 1 atom stereocenters. The number of likely N-dealkylation sites (tertiary alicyclic amines) is 1. The molecule has 6 nitrogen and oxygen atoms in total. The van der Waals surface area contributed by atoms with Crippen molar-refractivity contribution in [1.29, 1.82) is 0 Å². The van der Waals surface area contributed by atoms with Gasteiger partial charge in [-0.2, -0.15) is 0 Å². The van der Waals surface area contributed by atoms with Gasteiger partial charge in [-0.3, -0.25) is 4.79 Å². The number of aliphatic hydroxyl groups is 1. The molecule has 3 rings (SSSR count). The fraction of sp³-hybridized carbons (Fsp3) is 0.409. The Morgan fingerprint density at radius 2 is 1.62 bits per heavy atom. The predicted molar refractivity (Wildman–Crippen MR) is 117 cm³/mol. The number of carbonyl (C=O) groups is 1. The highest BCUT2D eigenvalue weighted by atomic mass is 35.5. The molecular weight excluding hydrogens is 465 g/mol. The minimum atomic E-state index is -0.776. The Hall–Kier alpha value is -2.13. The number of nitrogens with one attached hydrogen (secondary N) is 1. The van der Waals surface area contributed by atoms with Gasteiger partial charge in [0.05, 0.1) is 10.0 Å². The van der Waals surface area contributed by atoms with E-state index in [9.17, 15) is 18.7 Å². The summed E-state index contributed by atoms with van der Waals surface area (Å²) in [5.74, 6) is -0.821. The molecule has 1 saturated heterocycles. The first-order valence-corrected chi connectivity index (χ1v) is 10.9.